The Kier molecular flexibility index (Phi) is 2.37. The maximum Gasteiger partial charge on any atom is 0.345 e. The zero-order chi connectivity index (χ0) is 10.1. The molecule has 1 aliphatic heterocycles. The van der Waals surface area contributed by atoms with Gasteiger partial charge in [-0.3, -0.25) is 0 Å². The largest absolute Gasteiger partial charge is 0.345 e. The first kappa shape index (κ1) is 9.40. The Bertz CT molecular complexity index is 385. The van der Waals surface area contributed by atoms with Crippen molar-refractivity contribution in [2.24, 2.45) is 0 Å². The van der Waals surface area contributed by atoms with E-state index in [0.29, 0.717) is 5.92 Å². The predicted octanol–water partition coefficient (Wildman–Crippen LogP) is 0.497. The van der Waals surface area contributed by atoms with E-state index >= 15 is 0 Å². The quantitative estimate of drug-likeness (QED) is 0.706. The molecular formula is C10H15N3O. The van der Waals surface area contributed by atoms with Crippen LogP contribution in [-0.4, -0.2) is 35.0 Å². The number of hydrogen-bond donors (Lipinski definition) is 1. The molecule has 1 N–H and O–H groups in total. The van der Waals surface area contributed by atoms with Crippen molar-refractivity contribution in [2.75, 3.05) is 20.1 Å². The predicted molar refractivity (Wildman–Crippen MR) is 54.4 cm³/mol. The van der Waals surface area contributed by atoms with Crippen molar-refractivity contribution in [1.82, 2.24) is 14.9 Å². The molecule has 1 fully saturated rings. The molecule has 14 heavy (non-hydrogen) atoms. The lowest BCUT2D eigenvalue weighted by molar-refractivity contribution is 0.410. The van der Waals surface area contributed by atoms with Gasteiger partial charge in [0.1, 0.15) is 0 Å². The van der Waals surface area contributed by atoms with Gasteiger partial charge in [-0.25, -0.2) is 4.79 Å². The lowest BCUT2D eigenvalue weighted by atomic mass is 10.0. The molecule has 1 aliphatic rings. The zero-order valence-electron chi connectivity index (χ0n) is 8.58. The van der Waals surface area contributed by atoms with Gasteiger partial charge in [0.25, 0.3) is 0 Å². The Morgan fingerprint density at radius 3 is 3.00 bits per heavy atom. The van der Waals surface area contributed by atoms with Crippen molar-refractivity contribution in [1.29, 1.82) is 0 Å². The monoisotopic (exact) mass is 193 g/mol. The summed E-state index contributed by atoms with van der Waals surface area (Å²) in [6.07, 6.45) is 1.10. The summed E-state index contributed by atoms with van der Waals surface area (Å²) in [7, 11) is 2.10. The van der Waals surface area contributed by atoms with Crippen molar-refractivity contribution < 1.29 is 0 Å². The lowest BCUT2D eigenvalue weighted by Gasteiger charge is -2.09. The van der Waals surface area contributed by atoms with E-state index in [9.17, 15) is 4.79 Å². The first-order valence-corrected chi connectivity index (χ1v) is 4.91. The van der Waals surface area contributed by atoms with E-state index in [1.54, 1.807) is 0 Å². The van der Waals surface area contributed by atoms with Crippen LogP contribution in [0.25, 0.3) is 0 Å². The van der Waals surface area contributed by atoms with Crippen LogP contribution < -0.4 is 5.69 Å². The summed E-state index contributed by atoms with van der Waals surface area (Å²) in [6, 6.07) is 1.98. The Hall–Kier alpha value is -1.16. The number of likely N-dealkylation sites (N-methyl/N-ethyl adjacent to an activating group) is 1. The topological polar surface area (TPSA) is 49.0 Å². The van der Waals surface area contributed by atoms with Crippen LogP contribution in [0.4, 0.5) is 0 Å². The van der Waals surface area contributed by atoms with Crippen LogP contribution in [0.3, 0.4) is 0 Å². The number of nitrogens with one attached hydrogen (secondary N) is 1. The number of aromatic nitrogens is 2. The first-order valence-electron chi connectivity index (χ1n) is 4.91. The molecule has 1 unspecified atom stereocenters. The van der Waals surface area contributed by atoms with Gasteiger partial charge < -0.3 is 9.88 Å². The van der Waals surface area contributed by atoms with E-state index in [0.717, 1.165) is 30.9 Å². The zero-order valence-corrected chi connectivity index (χ0v) is 8.58. The summed E-state index contributed by atoms with van der Waals surface area (Å²) in [4.78, 5) is 20.1. The van der Waals surface area contributed by atoms with Crippen LogP contribution in [-0.2, 0) is 0 Å². The molecule has 4 nitrogen and oxygen atoms in total. The number of rotatable bonds is 1. The second kappa shape index (κ2) is 3.53. The number of nitrogens with zero attached hydrogens (tertiary/aromatic N) is 2. The van der Waals surface area contributed by atoms with Crippen LogP contribution in [0.2, 0.25) is 0 Å². The van der Waals surface area contributed by atoms with E-state index < -0.39 is 0 Å². The molecule has 0 bridgehead atoms. The van der Waals surface area contributed by atoms with Gasteiger partial charge in [0.2, 0.25) is 0 Å². The second-order valence-corrected chi connectivity index (χ2v) is 4.04. The van der Waals surface area contributed by atoms with Gasteiger partial charge in [-0.2, -0.15) is 4.98 Å². The molecule has 2 rings (SSSR count). The van der Waals surface area contributed by atoms with E-state index in [4.69, 9.17) is 0 Å². The highest BCUT2D eigenvalue weighted by atomic mass is 16.1. The summed E-state index contributed by atoms with van der Waals surface area (Å²) in [5.74, 6) is 0.431. The van der Waals surface area contributed by atoms with Crippen molar-refractivity contribution in [2.45, 2.75) is 19.3 Å². The molecule has 0 aromatic carbocycles. The van der Waals surface area contributed by atoms with E-state index in [-0.39, 0.29) is 5.69 Å². The van der Waals surface area contributed by atoms with Crippen LogP contribution in [0.1, 0.15) is 23.7 Å². The van der Waals surface area contributed by atoms with Gasteiger partial charge in [-0.15, -0.1) is 0 Å². The maximum absolute atomic E-state index is 11.2. The minimum absolute atomic E-state index is 0.227. The van der Waals surface area contributed by atoms with Crippen LogP contribution >= 0.6 is 0 Å². The summed E-state index contributed by atoms with van der Waals surface area (Å²) in [6.45, 7) is 4.00. The molecule has 0 radical (unpaired) electrons. The second-order valence-electron chi connectivity index (χ2n) is 4.04. The molecule has 0 amide bonds. The van der Waals surface area contributed by atoms with E-state index in [2.05, 4.69) is 21.9 Å². The fraction of sp³-hybridized carbons (Fsp3) is 0.600. The summed E-state index contributed by atoms with van der Waals surface area (Å²) in [5, 5.41) is 0. The van der Waals surface area contributed by atoms with E-state index in [1.165, 1.54) is 0 Å². The number of hydrogen-bond acceptors (Lipinski definition) is 3. The Labute approximate surface area is 83.0 Å². The molecule has 1 aromatic rings. The number of aromatic amines is 1. The molecule has 1 atom stereocenters. The first-order chi connectivity index (χ1) is 6.65. The van der Waals surface area contributed by atoms with Crippen molar-refractivity contribution >= 4 is 0 Å². The molecular weight excluding hydrogens is 178 g/mol. The maximum atomic E-state index is 11.2. The standard InChI is InChI=1S/C10H15N3O/c1-7-5-9(12-10(14)11-7)8-3-4-13(2)6-8/h5,8H,3-4,6H2,1-2H3,(H,11,12,14). The number of likely N-dealkylation sites (tertiary alicyclic amines) is 1. The molecule has 1 saturated heterocycles. The molecule has 1 aromatic heterocycles. The van der Waals surface area contributed by atoms with Crippen LogP contribution in [0, 0.1) is 6.92 Å². The normalized spacial score (nSPS) is 22.9. The molecule has 4 heteroatoms. The van der Waals surface area contributed by atoms with Crippen molar-refractivity contribution in [3.63, 3.8) is 0 Å². The van der Waals surface area contributed by atoms with E-state index in [1.807, 2.05) is 13.0 Å². The lowest BCUT2D eigenvalue weighted by Crippen LogP contribution is -2.18. The molecule has 0 saturated carbocycles. The fourth-order valence-electron chi connectivity index (χ4n) is 1.99. The minimum Gasteiger partial charge on any atom is -0.310 e. The van der Waals surface area contributed by atoms with Gasteiger partial charge in [0.15, 0.2) is 0 Å². The SMILES string of the molecule is Cc1cc(C2CCN(C)C2)nc(=O)[nH]1. The molecule has 2 heterocycles. The van der Waals surface area contributed by atoms with Crippen molar-refractivity contribution in [3.8, 4) is 0 Å². The molecule has 76 valence electrons. The van der Waals surface area contributed by atoms with Crippen LogP contribution in [0.5, 0.6) is 0 Å². The Morgan fingerprint density at radius 1 is 1.64 bits per heavy atom. The smallest absolute Gasteiger partial charge is 0.310 e. The van der Waals surface area contributed by atoms with Gasteiger partial charge >= 0.3 is 5.69 Å². The molecule has 0 spiro atoms. The molecule has 0 aliphatic carbocycles. The fourth-order valence-corrected chi connectivity index (χ4v) is 1.99. The minimum atomic E-state index is -0.227. The summed E-state index contributed by atoms with van der Waals surface area (Å²) in [5.41, 5.74) is 1.61. The number of aryl methyl sites for hydroxylation is 1. The highest BCUT2D eigenvalue weighted by Crippen LogP contribution is 2.23. The average molecular weight is 193 g/mol. The summed E-state index contributed by atoms with van der Waals surface area (Å²) >= 11 is 0. The van der Waals surface area contributed by atoms with Gasteiger partial charge in [-0.1, -0.05) is 0 Å². The third-order valence-corrected chi connectivity index (χ3v) is 2.71. The average Bonchev–Trinajstić information content (AvgIpc) is 2.50. The van der Waals surface area contributed by atoms with Crippen LogP contribution in [0.15, 0.2) is 10.9 Å². The Morgan fingerprint density at radius 2 is 2.43 bits per heavy atom. The number of H-pyrrole nitrogens is 1. The van der Waals surface area contributed by atoms with Gasteiger partial charge in [0.05, 0.1) is 5.69 Å². The third-order valence-electron chi connectivity index (χ3n) is 2.71. The van der Waals surface area contributed by atoms with Gasteiger partial charge in [-0.05, 0) is 33.0 Å². The highest BCUT2D eigenvalue weighted by Gasteiger charge is 2.22. The van der Waals surface area contributed by atoms with Crippen molar-refractivity contribution in [3.05, 3.63) is 27.9 Å². The summed E-state index contributed by atoms with van der Waals surface area (Å²) < 4.78 is 0. The Balaban J connectivity index is 2.28. The van der Waals surface area contributed by atoms with Gasteiger partial charge in [0, 0.05) is 18.2 Å². The third kappa shape index (κ3) is 1.85. The highest BCUT2D eigenvalue weighted by molar-refractivity contribution is 5.13.